The second-order valence-corrected chi connectivity index (χ2v) is 6.68. The van der Waals surface area contributed by atoms with Crippen LogP contribution in [0.4, 0.5) is 5.82 Å². The number of carbonyl (C=O) groups is 1. The highest BCUT2D eigenvalue weighted by molar-refractivity contribution is 6.30. The fourth-order valence-electron chi connectivity index (χ4n) is 3.31. The summed E-state index contributed by atoms with van der Waals surface area (Å²) in [6.45, 7) is 2.14. The summed E-state index contributed by atoms with van der Waals surface area (Å²) in [7, 11) is 0. The molecule has 3 aromatic rings. The highest BCUT2D eigenvalue weighted by Crippen LogP contribution is 2.38. The zero-order valence-corrected chi connectivity index (χ0v) is 14.6. The van der Waals surface area contributed by atoms with Crippen molar-refractivity contribution in [1.82, 2.24) is 9.78 Å². The van der Waals surface area contributed by atoms with Gasteiger partial charge in [-0.15, -0.1) is 0 Å². The molecule has 5 heteroatoms. The van der Waals surface area contributed by atoms with E-state index < -0.39 is 0 Å². The van der Waals surface area contributed by atoms with E-state index in [-0.39, 0.29) is 11.8 Å². The van der Waals surface area contributed by atoms with Gasteiger partial charge in [-0.1, -0.05) is 48.9 Å². The third-order valence-electron chi connectivity index (χ3n) is 4.66. The number of amides is 1. The number of hydrogen-bond acceptors (Lipinski definition) is 2. The summed E-state index contributed by atoms with van der Waals surface area (Å²) < 4.78 is 1.74. The van der Waals surface area contributed by atoms with Crippen LogP contribution in [0.5, 0.6) is 0 Å². The second-order valence-electron chi connectivity index (χ2n) is 6.24. The molecule has 0 fully saturated rings. The molecule has 1 amide bonds. The molecule has 126 valence electrons. The number of anilines is 1. The summed E-state index contributed by atoms with van der Waals surface area (Å²) in [6.07, 6.45) is 3.27. The number of nitrogens with zero attached hydrogens (tertiary/aromatic N) is 2. The highest BCUT2D eigenvalue weighted by Gasteiger charge is 2.30. The van der Waals surface area contributed by atoms with Gasteiger partial charge in [0.1, 0.15) is 5.82 Å². The van der Waals surface area contributed by atoms with Gasteiger partial charge in [-0.2, -0.15) is 5.10 Å². The first-order valence-electron chi connectivity index (χ1n) is 8.38. The third kappa shape index (κ3) is 2.94. The molecule has 2 heterocycles. The van der Waals surface area contributed by atoms with Gasteiger partial charge in [0.2, 0.25) is 5.91 Å². The van der Waals surface area contributed by atoms with Crippen LogP contribution < -0.4 is 5.32 Å². The second kappa shape index (κ2) is 6.37. The van der Waals surface area contributed by atoms with E-state index in [0.29, 0.717) is 11.4 Å². The Morgan fingerprint density at radius 2 is 2.04 bits per heavy atom. The standard InChI is InChI=1S/C20H18ClN3O/c1-2-13-6-8-14(9-7-13)17-11-19(25)23-20-18(17)12-22-24(20)16-5-3-4-15(21)10-16/h3-10,12,17H,2,11H2,1H3,(H,23,25)/t17-/m1/s1. The first-order chi connectivity index (χ1) is 12.2. The summed E-state index contributed by atoms with van der Waals surface area (Å²) in [5.74, 6) is 0.742. The molecule has 25 heavy (non-hydrogen) atoms. The van der Waals surface area contributed by atoms with E-state index >= 15 is 0 Å². The molecule has 0 aliphatic carbocycles. The van der Waals surface area contributed by atoms with Gasteiger partial charge in [0, 0.05) is 22.9 Å². The number of carbonyl (C=O) groups excluding carboxylic acids is 1. The monoisotopic (exact) mass is 351 g/mol. The van der Waals surface area contributed by atoms with Gasteiger partial charge in [0.25, 0.3) is 0 Å². The van der Waals surface area contributed by atoms with E-state index in [2.05, 4.69) is 41.6 Å². The minimum atomic E-state index is 0.000783. The Balaban J connectivity index is 1.78. The largest absolute Gasteiger partial charge is 0.310 e. The van der Waals surface area contributed by atoms with Crippen molar-refractivity contribution in [2.45, 2.75) is 25.7 Å². The van der Waals surface area contributed by atoms with Gasteiger partial charge in [-0.25, -0.2) is 4.68 Å². The maximum absolute atomic E-state index is 12.3. The van der Waals surface area contributed by atoms with E-state index in [4.69, 9.17) is 11.6 Å². The van der Waals surface area contributed by atoms with E-state index in [1.54, 1.807) is 4.68 Å². The fraction of sp³-hybridized carbons (Fsp3) is 0.200. The number of hydrogen-bond donors (Lipinski definition) is 1. The zero-order valence-electron chi connectivity index (χ0n) is 13.9. The van der Waals surface area contributed by atoms with Gasteiger partial charge in [0.15, 0.2) is 0 Å². The molecule has 1 N–H and O–H groups in total. The molecule has 1 aliphatic rings. The maximum Gasteiger partial charge on any atom is 0.226 e. The topological polar surface area (TPSA) is 46.9 Å². The normalized spacial score (nSPS) is 16.4. The SMILES string of the molecule is CCc1ccc([C@H]2CC(=O)Nc3c2cnn3-c2cccc(Cl)c2)cc1. The summed E-state index contributed by atoms with van der Waals surface area (Å²) in [4.78, 5) is 12.3. The highest BCUT2D eigenvalue weighted by atomic mass is 35.5. The predicted molar refractivity (Wildman–Crippen MR) is 99.5 cm³/mol. The summed E-state index contributed by atoms with van der Waals surface area (Å²) >= 11 is 6.10. The summed E-state index contributed by atoms with van der Waals surface area (Å²) in [5, 5.41) is 8.10. The molecule has 0 saturated heterocycles. The Morgan fingerprint density at radius 3 is 2.76 bits per heavy atom. The number of rotatable bonds is 3. The lowest BCUT2D eigenvalue weighted by molar-refractivity contribution is -0.116. The first kappa shape index (κ1) is 15.9. The van der Waals surface area contributed by atoms with Crippen molar-refractivity contribution in [3.05, 3.63) is 76.4 Å². The van der Waals surface area contributed by atoms with Crippen molar-refractivity contribution in [2.24, 2.45) is 0 Å². The molecule has 1 aliphatic heterocycles. The van der Waals surface area contributed by atoms with Gasteiger partial charge < -0.3 is 5.32 Å². The molecule has 4 nitrogen and oxygen atoms in total. The average Bonchev–Trinajstić information content (AvgIpc) is 3.05. The molecule has 2 aromatic carbocycles. The Bertz CT molecular complexity index is 930. The molecule has 0 unspecified atom stereocenters. The van der Waals surface area contributed by atoms with Gasteiger partial charge in [-0.05, 0) is 35.7 Å². The van der Waals surface area contributed by atoms with Crippen LogP contribution in [0.1, 0.15) is 36.0 Å². The van der Waals surface area contributed by atoms with Crippen molar-refractivity contribution in [2.75, 3.05) is 5.32 Å². The van der Waals surface area contributed by atoms with Crippen LogP contribution in [0.2, 0.25) is 5.02 Å². The van der Waals surface area contributed by atoms with E-state index in [0.717, 1.165) is 29.1 Å². The Hall–Kier alpha value is -2.59. The van der Waals surface area contributed by atoms with Crippen LogP contribution in [-0.4, -0.2) is 15.7 Å². The van der Waals surface area contributed by atoms with Crippen LogP contribution in [0, 0.1) is 0 Å². The zero-order chi connectivity index (χ0) is 17.4. The third-order valence-corrected chi connectivity index (χ3v) is 4.90. The maximum atomic E-state index is 12.3. The van der Waals surface area contributed by atoms with Crippen LogP contribution in [0.25, 0.3) is 5.69 Å². The van der Waals surface area contributed by atoms with Gasteiger partial charge >= 0.3 is 0 Å². The van der Waals surface area contributed by atoms with Crippen molar-refractivity contribution >= 4 is 23.3 Å². The number of aromatic nitrogens is 2. The first-order valence-corrected chi connectivity index (χ1v) is 8.76. The van der Waals surface area contributed by atoms with Gasteiger partial charge in [0.05, 0.1) is 11.9 Å². The van der Waals surface area contributed by atoms with Crippen LogP contribution in [0.15, 0.2) is 54.7 Å². The number of benzene rings is 2. The average molecular weight is 352 g/mol. The molecule has 0 radical (unpaired) electrons. The smallest absolute Gasteiger partial charge is 0.226 e. The molecule has 0 saturated carbocycles. The number of halogens is 1. The number of aryl methyl sites for hydroxylation is 1. The number of nitrogens with one attached hydrogen (secondary N) is 1. The lowest BCUT2D eigenvalue weighted by Gasteiger charge is -2.24. The van der Waals surface area contributed by atoms with Crippen molar-refractivity contribution in [1.29, 1.82) is 0 Å². The molecule has 0 spiro atoms. The minimum absolute atomic E-state index is 0.000783. The lowest BCUT2D eigenvalue weighted by Crippen LogP contribution is -2.24. The van der Waals surface area contributed by atoms with E-state index in [1.165, 1.54) is 5.56 Å². The molecule has 0 bridgehead atoms. The molecule has 1 aromatic heterocycles. The Labute approximate surface area is 151 Å². The molecule has 4 rings (SSSR count). The molecular formula is C20H18ClN3O. The summed E-state index contributed by atoms with van der Waals surface area (Å²) in [6, 6.07) is 15.9. The minimum Gasteiger partial charge on any atom is -0.310 e. The van der Waals surface area contributed by atoms with Gasteiger partial charge in [-0.3, -0.25) is 4.79 Å². The number of fused-ring (bicyclic) bond motifs is 1. The molecular weight excluding hydrogens is 334 g/mol. The van der Waals surface area contributed by atoms with Crippen molar-refractivity contribution in [3.8, 4) is 5.69 Å². The molecule has 1 atom stereocenters. The Kier molecular flexibility index (Phi) is 4.06. The lowest BCUT2D eigenvalue weighted by atomic mass is 9.87. The fourth-order valence-corrected chi connectivity index (χ4v) is 3.49. The van der Waals surface area contributed by atoms with Crippen LogP contribution in [-0.2, 0) is 11.2 Å². The van der Waals surface area contributed by atoms with E-state index in [1.807, 2.05) is 30.5 Å². The van der Waals surface area contributed by atoms with Crippen LogP contribution in [0.3, 0.4) is 0 Å². The quantitative estimate of drug-likeness (QED) is 0.751. The van der Waals surface area contributed by atoms with Crippen molar-refractivity contribution < 1.29 is 4.79 Å². The predicted octanol–water partition coefficient (Wildman–Crippen LogP) is 4.56. The van der Waals surface area contributed by atoms with Crippen molar-refractivity contribution in [3.63, 3.8) is 0 Å². The summed E-state index contributed by atoms with van der Waals surface area (Å²) in [5.41, 5.74) is 4.29. The Morgan fingerprint density at radius 1 is 1.24 bits per heavy atom. The van der Waals surface area contributed by atoms with E-state index in [9.17, 15) is 4.79 Å². The van der Waals surface area contributed by atoms with Crippen LogP contribution >= 0.6 is 11.6 Å².